The van der Waals surface area contributed by atoms with Crippen LogP contribution in [0.4, 0.5) is 0 Å². The Morgan fingerprint density at radius 2 is 2.00 bits per heavy atom. The largest absolute Gasteiger partial charge is 0.240 e. The SMILES string of the molecule is Cc1ccccc1S(=O)(=O)NCC1CCCC1C. The molecule has 0 radical (unpaired) electrons. The molecule has 1 N–H and O–H groups in total. The molecule has 1 fully saturated rings. The maximum absolute atomic E-state index is 12.2. The number of sulfonamides is 1. The van der Waals surface area contributed by atoms with E-state index >= 15 is 0 Å². The molecule has 1 aromatic carbocycles. The van der Waals surface area contributed by atoms with Gasteiger partial charge in [-0.05, 0) is 36.8 Å². The molecule has 0 aromatic heterocycles. The van der Waals surface area contributed by atoms with E-state index in [1.807, 2.05) is 19.1 Å². The lowest BCUT2D eigenvalue weighted by atomic mass is 9.99. The van der Waals surface area contributed by atoms with Gasteiger partial charge < -0.3 is 0 Å². The number of aryl methyl sites for hydroxylation is 1. The first kappa shape index (κ1) is 13.6. The second kappa shape index (κ2) is 5.41. The lowest BCUT2D eigenvalue weighted by Gasteiger charge is -2.16. The van der Waals surface area contributed by atoms with Crippen molar-refractivity contribution < 1.29 is 8.42 Å². The minimum atomic E-state index is -3.35. The molecule has 4 heteroatoms. The van der Waals surface area contributed by atoms with E-state index in [-0.39, 0.29) is 0 Å². The molecule has 0 bridgehead atoms. The normalized spacial score (nSPS) is 24.3. The number of benzene rings is 1. The highest BCUT2D eigenvalue weighted by molar-refractivity contribution is 7.89. The molecule has 18 heavy (non-hydrogen) atoms. The maximum Gasteiger partial charge on any atom is 0.240 e. The van der Waals surface area contributed by atoms with Crippen LogP contribution in [0.5, 0.6) is 0 Å². The summed E-state index contributed by atoms with van der Waals surface area (Å²) in [5.74, 6) is 1.12. The van der Waals surface area contributed by atoms with Crippen molar-refractivity contribution in [2.45, 2.75) is 38.0 Å². The van der Waals surface area contributed by atoms with Gasteiger partial charge in [0.1, 0.15) is 0 Å². The topological polar surface area (TPSA) is 46.2 Å². The third-order valence-corrected chi connectivity index (χ3v) is 5.54. The van der Waals surface area contributed by atoms with Gasteiger partial charge in [-0.25, -0.2) is 13.1 Å². The Labute approximate surface area is 110 Å². The quantitative estimate of drug-likeness (QED) is 0.911. The fourth-order valence-corrected chi connectivity index (χ4v) is 4.02. The Morgan fingerprint density at radius 3 is 2.61 bits per heavy atom. The van der Waals surface area contributed by atoms with Crippen LogP contribution < -0.4 is 4.72 Å². The van der Waals surface area contributed by atoms with E-state index < -0.39 is 10.0 Å². The fraction of sp³-hybridized carbons (Fsp3) is 0.571. The molecule has 1 aromatic rings. The van der Waals surface area contributed by atoms with E-state index in [0.717, 1.165) is 12.0 Å². The van der Waals surface area contributed by atoms with Crippen molar-refractivity contribution in [2.24, 2.45) is 11.8 Å². The van der Waals surface area contributed by atoms with Gasteiger partial charge >= 0.3 is 0 Å². The van der Waals surface area contributed by atoms with Gasteiger partial charge in [0.2, 0.25) is 10.0 Å². The van der Waals surface area contributed by atoms with Crippen molar-refractivity contribution in [3.63, 3.8) is 0 Å². The van der Waals surface area contributed by atoms with Crippen molar-refractivity contribution in [3.05, 3.63) is 29.8 Å². The number of rotatable bonds is 4. The highest BCUT2D eigenvalue weighted by atomic mass is 32.2. The number of hydrogen-bond donors (Lipinski definition) is 1. The van der Waals surface area contributed by atoms with E-state index in [4.69, 9.17) is 0 Å². The van der Waals surface area contributed by atoms with Crippen LogP contribution in [-0.2, 0) is 10.0 Å². The van der Waals surface area contributed by atoms with Crippen LogP contribution in [0.3, 0.4) is 0 Å². The van der Waals surface area contributed by atoms with Gasteiger partial charge in [-0.2, -0.15) is 0 Å². The molecule has 1 aliphatic carbocycles. The average Bonchev–Trinajstić information content (AvgIpc) is 2.73. The zero-order valence-corrected chi connectivity index (χ0v) is 11.8. The summed E-state index contributed by atoms with van der Waals surface area (Å²) in [6, 6.07) is 7.11. The molecule has 0 aliphatic heterocycles. The lowest BCUT2D eigenvalue weighted by Crippen LogP contribution is -2.30. The van der Waals surface area contributed by atoms with Gasteiger partial charge in [0.25, 0.3) is 0 Å². The van der Waals surface area contributed by atoms with Crippen molar-refractivity contribution >= 4 is 10.0 Å². The van der Waals surface area contributed by atoms with Crippen LogP contribution in [-0.4, -0.2) is 15.0 Å². The predicted octanol–water partition coefficient (Wildman–Crippen LogP) is 2.71. The van der Waals surface area contributed by atoms with Crippen LogP contribution in [0.15, 0.2) is 29.2 Å². The maximum atomic E-state index is 12.2. The highest BCUT2D eigenvalue weighted by Crippen LogP contribution is 2.30. The first-order chi connectivity index (χ1) is 8.50. The van der Waals surface area contributed by atoms with Crippen molar-refractivity contribution in [1.29, 1.82) is 0 Å². The predicted molar refractivity (Wildman–Crippen MR) is 72.9 cm³/mol. The summed E-state index contributed by atoms with van der Waals surface area (Å²) in [6.07, 6.45) is 3.58. The molecule has 0 spiro atoms. The van der Waals surface area contributed by atoms with Gasteiger partial charge in [-0.15, -0.1) is 0 Å². The molecule has 1 saturated carbocycles. The molecule has 2 atom stereocenters. The summed E-state index contributed by atoms with van der Waals surface area (Å²) in [4.78, 5) is 0.399. The van der Waals surface area contributed by atoms with E-state index in [1.54, 1.807) is 12.1 Å². The van der Waals surface area contributed by atoms with Gasteiger partial charge in [0.15, 0.2) is 0 Å². The van der Waals surface area contributed by atoms with Crippen LogP contribution in [0, 0.1) is 18.8 Å². The van der Waals surface area contributed by atoms with Gasteiger partial charge in [0.05, 0.1) is 4.90 Å². The number of nitrogens with one attached hydrogen (secondary N) is 1. The third kappa shape index (κ3) is 2.93. The molecular weight excluding hydrogens is 246 g/mol. The first-order valence-corrected chi connectivity index (χ1v) is 8.04. The Kier molecular flexibility index (Phi) is 4.07. The van der Waals surface area contributed by atoms with Crippen LogP contribution in [0.25, 0.3) is 0 Å². The van der Waals surface area contributed by atoms with Crippen LogP contribution in [0.1, 0.15) is 31.7 Å². The highest BCUT2D eigenvalue weighted by Gasteiger charge is 2.25. The molecule has 1 aliphatic rings. The third-order valence-electron chi connectivity index (χ3n) is 3.96. The summed E-state index contributed by atoms with van der Waals surface area (Å²) < 4.78 is 27.2. The zero-order chi connectivity index (χ0) is 13.2. The Morgan fingerprint density at radius 1 is 1.28 bits per heavy atom. The molecule has 100 valence electrons. The molecule has 0 heterocycles. The fourth-order valence-electron chi connectivity index (χ4n) is 2.68. The zero-order valence-electron chi connectivity index (χ0n) is 11.0. The van der Waals surface area contributed by atoms with Crippen LogP contribution in [0.2, 0.25) is 0 Å². The van der Waals surface area contributed by atoms with E-state index in [1.165, 1.54) is 12.8 Å². The van der Waals surface area contributed by atoms with Crippen molar-refractivity contribution in [1.82, 2.24) is 4.72 Å². The van der Waals surface area contributed by atoms with E-state index in [0.29, 0.717) is 23.3 Å². The molecule has 3 nitrogen and oxygen atoms in total. The molecule has 0 saturated heterocycles. The lowest BCUT2D eigenvalue weighted by molar-refractivity contribution is 0.414. The van der Waals surface area contributed by atoms with Gasteiger partial charge in [-0.3, -0.25) is 0 Å². The Hall–Kier alpha value is -0.870. The van der Waals surface area contributed by atoms with Gasteiger partial charge in [0, 0.05) is 6.54 Å². The summed E-state index contributed by atoms with van der Waals surface area (Å²) in [5.41, 5.74) is 0.796. The molecule has 2 unspecified atom stereocenters. The minimum Gasteiger partial charge on any atom is -0.211 e. The smallest absolute Gasteiger partial charge is 0.211 e. The standard InChI is InChI=1S/C14H21NO2S/c1-11-7-5-8-13(11)10-15-18(16,17)14-9-4-3-6-12(14)2/h3-4,6,9,11,13,15H,5,7-8,10H2,1-2H3. The summed E-state index contributed by atoms with van der Waals surface area (Å²) >= 11 is 0. The molecule has 0 amide bonds. The molecule has 2 rings (SSSR count). The average molecular weight is 267 g/mol. The Balaban J connectivity index is 2.06. The van der Waals surface area contributed by atoms with Gasteiger partial charge in [-0.1, -0.05) is 38.0 Å². The first-order valence-electron chi connectivity index (χ1n) is 6.56. The number of hydrogen-bond acceptors (Lipinski definition) is 2. The minimum absolute atomic E-state index is 0.399. The van der Waals surface area contributed by atoms with E-state index in [9.17, 15) is 8.42 Å². The summed E-state index contributed by atoms with van der Waals surface area (Å²) in [7, 11) is -3.35. The van der Waals surface area contributed by atoms with Crippen molar-refractivity contribution in [2.75, 3.05) is 6.54 Å². The van der Waals surface area contributed by atoms with Crippen molar-refractivity contribution in [3.8, 4) is 0 Å². The summed E-state index contributed by atoms with van der Waals surface area (Å²) in [6.45, 7) is 4.60. The second-order valence-electron chi connectivity index (χ2n) is 5.29. The summed E-state index contributed by atoms with van der Waals surface area (Å²) in [5, 5.41) is 0. The van der Waals surface area contributed by atoms with E-state index in [2.05, 4.69) is 11.6 Å². The molecular formula is C14H21NO2S. The monoisotopic (exact) mass is 267 g/mol. The Bertz CT molecular complexity index is 510. The van der Waals surface area contributed by atoms with Crippen LogP contribution >= 0.6 is 0 Å². The second-order valence-corrected chi connectivity index (χ2v) is 7.02.